The average Bonchev–Trinajstić information content (AvgIpc) is 3.39. The fraction of sp³-hybridized carbons (Fsp3) is 0.139. The van der Waals surface area contributed by atoms with E-state index in [-0.39, 0.29) is 18.8 Å². The molecule has 10 heteroatoms. The molecule has 2 heterocycles. The van der Waals surface area contributed by atoms with Gasteiger partial charge in [0.25, 0.3) is 5.56 Å². The van der Waals surface area contributed by atoms with E-state index in [1.54, 1.807) is 48.9 Å². The summed E-state index contributed by atoms with van der Waals surface area (Å²) >= 11 is 13.4. The Morgan fingerprint density at radius 2 is 1.67 bits per heavy atom. The van der Waals surface area contributed by atoms with Gasteiger partial charge in [0.2, 0.25) is 0 Å². The van der Waals surface area contributed by atoms with Crippen LogP contribution in [0.5, 0.6) is 11.5 Å². The third kappa shape index (κ3) is 6.37. The molecule has 0 radical (unpaired) electrons. The zero-order chi connectivity index (χ0) is 32.2. The summed E-state index contributed by atoms with van der Waals surface area (Å²) in [6, 6.07) is 28.9. The Morgan fingerprint density at radius 3 is 2.37 bits per heavy atom. The van der Waals surface area contributed by atoms with Crippen molar-refractivity contribution >= 4 is 52.3 Å². The lowest BCUT2D eigenvalue weighted by Crippen LogP contribution is -2.39. The van der Waals surface area contributed by atoms with Crippen LogP contribution in [0.25, 0.3) is 11.8 Å². The van der Waals surface area contributed by atoms with Crippen LogP contribution >= 0.6 is 34.5 Å². The molecular formula is C36H28Cl2N2O5S. The highest BCUT2D eigenvalue weighted by Crippen LogP contribution is 2.35. The molecule has 46 heavy (non-hydrogen) atoms. The Kier molecular flexibility index (Phi) is 9.40. The number of rotatable bonds is 9. The van der Waals surface area contributed by atoms with E-state index in [2.05, 4.69) is 0 Å². The number of hydrogen-bond acceptors (Lipinski definition) is 7. The predicted octanol–water partition coefficient (Wildman–Crippen LogP) is 6.83. The van der Waals surface area contributed by atoms with Crippen molar-refractivity contribution in [2.24, 2.45) is 4.99 Å². The number of hydrogen-bond donors (Lipinski definition) is 0. The van der Waals surface area contributed by atoms with Crippen molar-refractivity contribution in [3.63, 3.8) is 0 Å². The maximum Gasteiger partial charge on any atom is 0.338 e. The van der Waals surface area contributed by atoms with Crippen molar-refractivity contribution in [1.82, 2.24) is 4.57 Å². The number of halogens is 2. The first kappa shape index (κ1) is 31.4. The average molecular weight is 672 g/mol. The lowest BCUT2D eigenvalue weighted by atomic mass is 9.93. The number of esters is 1. The third-order valence-electron chi connectivity index (χ3n) is 7.35. The van der Waals surface area contributed by atoms with Crippen LogP contribution in [0.3, 0.4) is 0 Å². The van der Waals surface area contributed by atoms with E-state index < -0.39 is 12.0 Å². The van der Waals surface area contributed by atoms with Crippen molar-refractivity contribution < 1.29 is 19.0 Å². The Bertz CT molecular complexity index is 2130. The molecule has 1 aliphatic rings. The van der Waals surface area contributed by atoms with Crippen LogP contribution < -0.4 is 24.4 Å². The van der Waals surface area contributed by atoms with Gasteiger partial charge in [-0.2, -0.15) is 0 Å². The highest BCUT2D eigenvalue weighted by molar-refractivity contribution is 7.07. The van der Waals surface area contributed by atoms with E-state index in [0.717, 1.165) is 22.3 Å². The summed E-state index contributed by atoms with van der Waals surface area (Å²) < 4.78 is 19.2. The minimum atomic E-state index is -0.736. The molecule has 0 aliphatic carbocycles. The van der Waals surface area contributed by atoms with E-state index in [4.69, 9.17) is 42.4 Å². The summed E-state index contributed by atoms with van der Waals surface area (Å²) in [6.45, 7) is 2.20. The number of carbonyl (C=O) groups excluding carboxylic acids is 1. The van der Waals surface area contributed by atoms with Gasteiger partial charge in [0.1, 0.15) is 6.61 Å². The van der Waals surface area contributed by atoms with Crippen molar-refractivity contribution in [1.29, 1.82) is 0 Å². The molecule has 0 amide bonds. The molecule has 5 aromatic rings. The van der Waals surface area contributed by atoms with Gasteiger partial charge < -0.3 is 14.2 Å². The van der Waals surface area contributed by atoms with Crippen LogP contribution in [-0.2, 0) is 16.1 Å². The second kappa shape index (κ2) is 13.8. The fourth-order valence-corrected chi connectivity index (χ4v) is 6.55. The molecule has 1 aromatic heterocycles. The van der Waals surface area contributed by atoms with Crippen molar-refractivity contribution in [2.45, 2.75) is 19.6 Å². The predicted molar refractivity (Wildman–Crippen MR) is 181 cm³/mol. The maximum absolute atomic E-state index is 14.1. The normalized spacial score (nSPS) is 14.4. The summed E-state index contributed by atoms with van der Waals surface area (Å²) in [7, 11) is 1.56. The molecule has 0 N–H and O–H groups in total. The molecule has 1 aliphatic heterocycles. The van der Waals surface area contributed by atoms with E-state index in [0.29, 0.717) is 42.1 Å². The summed E-state index contributed by atoms with van der Waals surface area (Å²) in [4.78, 5) is 33.1. The van der Waals surface area contributed by atoms with Crippen LogP contribution in [0.2, 0.25) is 10.0 Å². The van der Waals surface area contributed by atoms with Gasteiger partial charge >= 0.3 is 5.97 Å². The minimum Gasteiger partial charge on any atom is -0.493 e. The van der Waals surface area contributed by atoms with E-state index in [1.807, 2.05) is 72.8 Å². The van der Waals surface area contributed by atoms with Crippen LogP contribution in [-0.4, -0.2) is 24.3 Å². The number of aromatic nitrogens is 1. The largest absolute Gasteiger partial charge is 0.493 e. The van der Waals surface area contributed by atoms with Gasteiger partial charge in [0, 0.05) is 5.56 Å². The zero-order valence-corrected chi connectivity index (χ0v) is 27.2. The Balaban J connectivity index is 1.44. The first-order valence-corrected chi connectivity index (χ1v) is 16.0. The second-order valence-corrected chi connectivity index (χ2v) is 12.1. The van der Waals surface area contributed by atoms with Gasteiger partial charge in [0.05, 0.1) is 45.6 Å². The zero-order valence-electron chi connectivity index (χ0n) is 24.9. The van der Waals surface area contributed by atoms with E-state index in [9.17, 15) is 9.59 Å². The molecular weight excluding hydrogens is 643 g/mol. The van der Waals surface area contributed by atoms with Gasteiger partial charge in [-0.3, -0.25) is 9.36 Å². The first-order chi connectivity index (χ1) is 22.4. The van der Waals surface area contributed by atoms with Crippen LogP contribution in [0.1, 0.15) is 35.2 Å². The molecule has 0 fully saturated rings. The summed E-state index contributed by atoms with van der Waals surface area (Å²) in [5.41, 5.74) is 3.62. The van der Waals surface area contributed by atoms with Gasteiger partial charge in [-0.15, -0.1) is 0 Å². The van der Waals surface area contributed by atoms with Gasteiger partial charge in [-0.25, -0.2) is 9.79 Å². The molecule has 4 aromatic carbocycles. The number of thiazole rings is 1. The summed E-state index contributed by atoms with van der Waals surface area (Å²) in [5, 5.41) is 0.924. The number of methoxy groups -OCH3 is 1. The van der Waals surface area contributed by atoms with Crippen molar-refractivity contribution in [2.75, 3.05) is 13.7 Å². The monoisotopic (exact) mass is 670 g/mol. The lowest BCUT2D eigenvalue weighted by Gasteiger charge is -2.25. The van der Waals surface area contributed by atoms with Crippen molar-refractivity contribution in [3.8, 4) is 11.5 Å². The molecule has 6 rings (SSSR count). The van der Waals surface area contributed by atoms with E-state index in [1.165, 1.54) is 11.3 Å². The van der Waals surface area contributed by atoms with Gasteiger partial charge in [-0.1, -0.05) is 107 Å². The van der Waals surface area contributed by atoms with Crippen LogP contribution in [0, 0.1) is 0 Å². The lowest BCUT2D eigenvalue weighted by molar-refractivity contribution is -0.138. The highest BCUT2D eigenvalue weighted by Gasteiger charge is 2.35. The number of nitrogens with zero attached hydrogens (tertiary/aromatic N) is 2. The molecule has 0 saturated heterocycles. The van der Waals surface area contributed by atoms with Crippen LogP contribution in [0.15, 0.2) is 112 Å². The van der Waals surface area contributed by atoms with Gasteiger partial charge in [-0.05, 0) is 54.0 Å². The number of carbonyl (C=O) groups is 1. The number of benzene rings is 4. The summed E-state index contributed by atoms with van der Waals surface area (Å²) in [6.07, 6.45) is 1.79. The Labute approximate surface area is 279 Å². The smallest absolute Gasteiger partial charge is 0.338 e. The molecule has 0 saturated carbocycles. The fourth-order valence-electron chi connectivity index (χ4n) is 5.23. The van der Waals surface area contributed by atoms with Crippen LogP contribution in [0.4, 0.5) is 0 Å². The standard InChI is InChI=1S/C36H28Cl2N2O5S/c1-3-44-35(42)31-32(24-10-6-4-7-11-24)39-36-40(33(31)25-12-8-5-9-13-25)34(41)30(46-36)20-22-15-17-28(29(19-22)43-2)45-21-23-14-16-26(37)27(38)18-23/h4-20,33H,3,21H2,1-2H3/b30-20-/t33-/m1/s1. The summed E-state index contributed by atoms with van der Waals surface area (Å²) in [5.74, 6) is 0.511. The first-order valence-electron chi connectivity index (χ1n) is 14.5. The molecule has 232 valence electrons. The van der Waals surface area contributed by atoms with Gasteiger partial charge in [0.15, 0.2) is 16.3 Å². The Morgan fingerprint density at radius 1 is 0.935 bits per heavy atom. The van der Waals surface area contributed by atoms with E-state index >= 15 is 0 Å². The molecule has 0 bridgehead atoms. The molecule has 1 atom stereocenters. The Hall–Kier alpha value is -4.63. The quantitative estimate of drug-likeness (QED) is 0.161. The SMILES string of the molecule is CCOC(=O)C1=C(c2ccccc2)N=c2s/c(=C\c3ccc(OCc4ccc(Cl)c(Cl)c4)c(OC)c3)c(=O)n2[C@@H]1c1ccccc1. The third-order valence-corrected chi connectivity index (χ3v) is 9.07. The highest BCUT2D eigenvalue weighted by atomic mass is 35.5. The van der Waals surface area contributed by atoms with Crippen molar-refractivity contribution in [3.05, 3.63) is 155 Å². The number of ether oxygens (including phenoxy) is 3. The number of fused-ring (bicyclic) bond motifs is 1. The molecule has 7 nitrogen and oxygen atoms in total. The second-order valence-electron chi connectivity index (χ2n) is 10.3. The topological polar surface area (TPSA) is 79.1 Å². The molecule has 0 spiro atoms. The maximum atomic E-state index is 14.1. The minimum absolute atomic E-state index is 0.186. The molecule has 0 unspecified atom stereocenters.